The molecule has 5 nitrogen and oxygen atoms in total. The van der Waals surface area contributed by atoms with Crippen molar-refractivity contribution in [2.45, 2.75) is 17.1 Å². The maximum atomic E-state index is 13.9. The molecule has 1 aliphatic heterocycles. The Kier molecular flexibility index (Phi) is 5.96. The van der Waals surface area contributed by atoms with Gasteiger partial charge in [0.15, 0.2) is 5.16 Å². The first-order valence-electron chi connectivity index (χ1n) is 9.25. The minimum atomic E-state index is -4.36. The number of rotatable bonds is 5. The SMILES string of the molecule is Fc1cccc(-n2c(SCc3ccc(C(F)(F)F)cc3)nnc2N2CCOCC2)c1. The third-order valence-corrected chi connectivity index (χ3v) is 5.63. The number of halogens is 4. The van der Waals surface area contributed by atoms with Crippen LogP contribution in [0.2, 0.25) is 0 Å². The first kappa shape index (κ1) is 20.7. The van der Waals surface area contributed by atoms with Gasteiger partial charge >= 0.3 is 6.18 Å². The second-order valence-electron chi connectivity index (χ2n) is 6.68. The minimum absolute atomic E-state index is 0.382. The third kappa shape index (κ3) is 4.59. The number of anilines is 1. The van der Waals surface area contributed by atoms with Crippen LogP contribution in [0.4, 0.5) is 23.5 Å². The summed E-state index contributed by atoms with van der Waals surface area (Å²) in [6.07, 6.45) is -4.36. The van der Waals surface area contributed by atoms with Crippen LogP contribution in [0.15, 0.2) is 53.7 Å². The molecule has 0 bridgehead atoms. The van der Waals surface area contributed by atoms with Gasteiger partial charge in [0.25, 0.3) is 0 Å². The van der Waals surface area contributed by atoms with E-state index >= 15 is 0 Å². The van der Waals surface area contributed by atoms with Gasteiger partial charge in [-0.3, -0.25) is 4.57 Å². The molecule has 2 heterocycles. The fraction of sp³-hybridized carbons (Fsp3) is 0.300. The summed E-state index contributed by atoms with van der Waals surface area (Å²) in [5.74, 6) is 0.598. The summed E-state index contributed by atoms with van der Waals surface area (Å²) in [6.45, 7) is 2.39. The average Bonchev–Trinajstić information content (AvgIpc) is 3.16. The summed E-state index contributed by atoms with van der Waals surface area (Å²) < 4.78 is 59.3. The van der Waals surface area contributed by atoms with Gasteiger partial charge in [-0.25, -0.2) is 4.39 Å². The van der Waals surface area contributed by atoms with Crippen molar-refractivity contribution in [1.82, 2.24) is 14.8 Å². The molecule has 0 spiro atoms. The highest BCUT2D eigenvalue weighted by atomic mass is 32.2. The van der Waals surface area contributed by atoms with Crippen molar-refractivity contribution >= 4 is 17.7 Å². The first-order valence-corrected chi connectivity index (χ1v) is 10.2. The third-order valence-electron chi connectivity index (χ3n) is 4.63. The molecule has 0 atom stereocenters. The lowest BCUT2D eigenvalue weighted by atomic mass is 10.1. The molecular weight excluding hydrogens is 420 g/mol. The van der Waals surface area contributed by atoms with Gasteiger partial charge in [0, 0.05) is 18.8 Å². The molecule has 2 aromatic carbocycles. The van der Waals surface area contributed by atoms with Gasteiger partial charge in [0.05, 0.1) is 24.5 Å². The second-order valence-corrected chi connectivity index (χ2v) is 7.62. The molecule has 1 fully saturated rings. The summed E-state index contributed by atoms with van der Waals surface area (Å²) in [7, 11) is 0. The number of thioether (sulfide) groups is 1. The predicted octanol–water partition coefficient (Wildman–Crippen LogP) is 4.55. The number of hydrogen-bond acceptors (Lipinski definition) is 5. The molecule has 10 heteroatoms. The van der Waals surface area contributed by atoms with E-state index in [-0.39, 0.29) is 5.82 Å². The fourth-order valence-corrected chi connectivity index (χ4v) is 4.01. The quantitative estimate of drug-likeness (QED) is 0.432. The normalized spacial score (nSPS) is 14.9. The average molecular weight is 438 g/mol. The maximum absolute atomic E-state index is 13.9. The van der Waals surface area contributed by atoms with E-state index in [2.05, 4.69) is 10.2 Å². The van der Waals surface area contributed by atoms with Gasteiger partial charge < -0.3 is 9.64 Å². The Balaban J connectivity index is 1.60. The van der Waals surface area contributed by atoms with Crippen molar-refractivity contribution in [2.24, 2.45) is 0 Å². The van der Waals surface area contributed by atoms with Gasteiger partial charge in [0.2, 0.25) is 5.95 Å². The van der Waals surface area contributed by atoms with E-state index in [0.717, 1.165) is 17.7 Å². The summed E-state index contributed by atoms with van der Waals surface area (Å²) >= 11 is 1.33. The van der Waals surface area contributed by atoms with Crippen LogP contribution in [-0.4, -0.2) is 41.1 Å². The van der Waals surface area contributed by atoms with Crippen molar-refractivity contribution in [2.75, 3.05) is 31.2 Å². The van der Waals surface area contributed by atoms with Gasteiger partial charge in [-0.1, -0.05) is 30.0 Å². The van der Waals surface area contributed by atoms with Crippen LogP contribution in [-0.2, 0) is 16.7 Å². The van der Waals surface area contributed by atoms with Crippen LogP contribution < -0.4 is 4.90 Å². The van der Waals surface area contributed by atoms with Crippen LogP contribution in [0.25, 0.3) is 5.69 Å². The van der Waals surface area contributed by atoms with Gasteiger partial charge in [-0.2, -0.15) is 13.2 Å². The van der Waals surface area contributed by atoms with E-state index in [4.69, 9.17) is 4.74 Å². The molecule has 1 aromatic heterocycles. The lowest BCUT2D eigenvalue weighted by Crippen LogP contribution is -2.37. The zero-order chi connectivity index (χ0) is 21.1. The maximum Gasteiger partial charge on any atom is 0.416 e. The monoisotopic (exact) mass is 438 g/mol. The number of benzene rings is 2. The van der Waals surface area contributed by atoms with E-state index in [1.165, 1.54) is 36.0 Å². The largest absolute Gasteiger partial charge is 0.416 e. The Labute approximate surface area is 174 Å². The molecule has 3 aromatic rings. The lowest BCUT2D eigenvalue weighted by molar-refractivity contribution is -0.137. The minimum Gasteiger partial charge on any atom is -0.378 e. The Bertz CT molecular complexity index is 1000. The van der Waals surface area contributed by atoms with E-state index in [0.29, 0.717) is 48.8 Å². The van der Waals surface area contributed by atoms with Crippen LogP contribution >= 0.6 is 11.8 Å². The Hall–Kier alpha value is -2.59. The first-order chi connectivity index (χ1) is 14.4. The predicted molar refractivity (Wildman–Crippen MR) is 105 cm³/mol. The number of alkyl halides is 3. The van der Waals surface area contributed by atoms with E-state index in [9.17, 15) is 17.6 Å². The zero-order valence-electron chi connectivity index (χ0n) is 15.8. The molecule has 4 rings (SSSR count). The van der Waals surface area contributed by atoms with Crippen LogP contribution in [0, 0.1) is 5.82 Å². The summed E-state index contributed by atoms with van der Waals surface area (Å²) in [4.78, 5) is 2.02. The summed E-state index contributed by atoms with van der Waals surface area (Å²) in [5, 5.41) is 9.09. The highest BCUT2D eigenvalue weighted by molar-refractivity contribution is 7.98. The molecule has 0 aliphatic carbocycles. The fourth-order valence-electron chi connectivity index (χ4n) is 3.10. The molecule has 0 saturated carbocycles. The molecule has 0 amide bonds. The van der Waals surface area contributed by atoms with Gasteiger partial charge in [0.1, 0.15) is 5.82 Å². The molecule has 1 aliphatic rings. The topological polar surface area (TPSA) is 43.2 Å². The number of ether oxygens (including phenoxy) is 1. The number of hydrogen-bond donors (Lipinski definition) is 0. The Morgan fingerprint density at radius 2 is 1.73 bits per heavy atom. The van der Waals surface area contributed by atoms with Crippen molar-refractivity contribution in [1.29, 1.82) is 0 Å². The highest BCUT2D eigenvalue weighted by Crippen LogP contribution is 2.32. The van der Waals surface area contributed by atoms with Crippen molar-refractivity contribution in [3.05, 3.63) is 65.5 Å². The Morgan fingerprint density at radius 3 is 2.40 bits per heavy atom. The van der Waals surface area contributed by atoms with Crippen molar-refractivity contribution in [3.8, 4) is 5.69 Å². The van der Waals surface area contributed by atoms with Crippen LogP contribution in [0.5, 0.6) is 0 Å². The molecule has 0 N–H and O–H groups in total. The number of morpholine rings is 1. The van der Waals surface area contributed by atoms with E-state index in [1.807, 2.05) is 4.90 Å². The van der Waals surface area contributed by atoms with Crippen molar-refractivity contribution in [3.63, 3.8) is 0 Å². The molecule has 30 heavy (non-hydrogen) atoms. The van der Waals surface area contributed by atoms with Crippen LogP contribution in [0.3, 0.4) is 0 Å². The summed E-state index contributed by atoms with van der Waals surface area (Å²) in [6, 6.07) is 11.1. The number of aromatic nitrogens is 3. The molecule has 1 saturated heterocycles. The second kappa shape index (κ2) is 8.65. The smallest absolute Gasteiger partial charge is 0.378 e. The molecule has 0 unspecified atom stereocenters. The molecule has 158 valence electrons. The van der Waals surface area contributed by atoms with E-state index < -0.39 is 11.7 Å². The van der Waals surface area contributed by atoms with Gasteiger partial charge in [-0.15, -0.1) is 10.2 Å². The zero-order valence-corrected chi connectivity index (χ0v) is 16.6. The van der Waals surface area contributed by atoms with Gasteiger partial charge in [-0.05, 0) is 35.9 Å². The molecule has 0 radical (unpaired) electrons. The lowest BCUT2D eigenvalue weighted by Gasteiger charge is -2.27. The highest BCUT2D eigenvalue weighted by Gasteiger charge is 2.30. The Morgan fingerprint density at radius 1 is 1.00 bits per heavy atom. The molecular formula is C20H18F4N4OS. The van der Waals surface area contributed by atoms with E-state index in [1.54, 1.807) is 16.7 Å². The van der Waals surface area contributed by atoms with Crippen LogP contribution in [0.1, 0.15) is 11.1 Å². The van der Waals surface area contributed by atoms with Crippen molar-refractivity contribution < 1.29 is 22.3 Å². The summed E-state index contributed by atoms with van der Waals surface area (Å²) in [5.41, 5.74) is 0.611. The number of nitrogens with zero attached hydrogens (tertiary/aromatic N) is 4. The standard InChI is InChI=1S/C20H18F4N4OS/c21-16-2-1-3-17(12-16)28-18(27-8-10-29-11-9-27)25-26-19(28)30-13-14-4-6-15(7-5-14)20(22,23)24/h1-7,12H,8-11,13H2.